The standard InChI is InChI=1S/C35H38N6O2S/c1-22(2)33-26(28-19-36-41(23(28)3)20-24-14-17-43-18-15-24)11-12-32(38-33)40-16-13-25-7-6-8-27(29(25)21-40)34(42)39-35-37-30-9-4-5-10-31(30)44-35/h4-12,19,22,24H,13-18,20-21H2,1-3H3,(H,37,39,42). The Kier molecular flexibility index (Phi) is 7.91. The number of pyridine rings is 1. The van der Waals surface area contributed by atoms with Gasteiger partial charge in [-0.25, -0.2) is 9.97 Å². The number of aromatic nitrogens is 4. The van der Waals surface area contributed by atoms with Gasteiger partial charge < -0.3 is 9.64 Å². The molecule has 2 aliphatic rings. The second kappa shape index (κ2) is 12.1. The van der Waals surface area contributed by atoms with Gasteiger partial charge in [0.25, 0.3) is 5.91 Å². The molecule has 1 N–H and O–H groups in total. The highest BCUT2D eigenvalue weighted by Crippen LogP contribution is 2.35. The number of nitrogens with zero attached hydrogens (tertiary/aromatic N) is 5. The van der Waals surface area contributed by atoms with E-state index in [4.69, 9.17) is 14.8 Å². The number of ether oxygens (including phenoxy) is 1. The van der Waals surface area contributed by atoms with Crippen molar-refractivity contribution < 1.29 is 9.53 Å². The van der Waals surface area contributed by atoms with Gasteiger partial charge in [-0.05, 0) is 79.5 Å². The Morgan fingerprint density at radius 1 is 1.05 bits per heavy atom. The van der Waals surface area contributed by atoms with Gasteiger partial charge in [0.2, 0.25) is 0 Å². The fraction of sp³-hybridized carbons (Fsp3) is 0.371. The maximum atomic E-state index is 13.5. The van der Waals surface area contributed by atoms with Crippen LogP contribution >= 0.6 is 11.3 Å². The summed E-state index contributed by atoms with van der Waals surface area (Å²) in [4.78, 5) is 25.7. The van der Waals surface area contributed by atoms with Crippen molar-refractivity contribution >= 4 is 38.4 Å². The SMILES string of the molecule is Cc1c(-c2ccc(N3CCc4cccc(C(=O)Nc5nc6ccccc6s5)c4C3)nc2C(C)C)cnn1CC1CCOCC1. The number of anilines is 2. The molecule has 226 valence electrons. The summed E-state index contributed by atoms with van der Waals surface area (Å²) in [5, 5.41) is 8.46. The number of hydrogen-bond donors (Lipinski definition) is 1. The largest absolute Gasteiger partial charge is 0.381 e. The summed E-state index contributed by atoms with van der Waals surface area (Å²) in [6.45, 7) is 10.7. The molecular formula is C35H38N6O2S. The second-order valence-electron chi connectivity index (χ2n) is 12.2. The van der Waals surface area contributed by atoms with Gasteiger partial charge in [0.1, 0.15) is 5.82 Å². The van der Waals surface area contributed by atoms with Gasteiger partial charge in [0.05, 0.1) is 22.1 Å². The number of thiazole rings is 1. The molecule has 1 fully saturated rings. The maximum Gasteiger partial charge on any atom is 0.257 e. The molecule has 0 bridgehead atoms. The summed E-state index contributed by atoms with van der Waals surface area (Å²) in [5.74, 6) is 1.67. The van der Waals surface area contributed by atoms with Crippen LogP contribution in [0.25, 0.3) is 21.3 Å². The molecule has 1 saturated heterocycles. The van der Waals surface area contributed by atoms with Crippen LogP contribution in [0.4, 0.5) is 10.9 Å². The first-order valence-corrected chi connectivity index (χ1v) is 16.4. The lowest BCUT2D eigenvalue weighted by atomic mass is 9.94. The molecule has 8 nitrogen and oxygen atoms in total. The van der Waals surface area contributed by atoms with Crippen LogP contribution in [-0.2, 0) is 24.2 Å². The molecule has 2 aliphatic heterocycles. The summed E-state index contributed by atoms with van der Waals surface area (Å²) < 4.78 is 8.77. The lowest BCUT2D eigenvalue weighted by molar-refractivity contribution is 0.0599. The van der Waals surface area contributed by atoms with Crippen molar-refractivity contribution in [1.82, 2.24) is 19.7 Å². The summed E-state index contributed by atoms with van der Waals surface area (Å²) in [6, 6.07) is 18.3. The van der Waals surface area contributed by atoms with Crippen molar-refractivity contribution in [2.75, 3.05) is 30.0 Å². The molecule has 44 heavy (non-hydrogen) atoms. The molecule has 2 aromatic carbocycles. The van der Waals surface area contributed by atoms with E-state index in [-0.39, 0.29) is 11.8 Å². The normalized spacial score (nSPS) is 15.6. The molecule has 1 amide bonds. The van der Waals surface area contributed by atoms with E-state index >= 15 is 0 Å². The van der Waals surface area contributed by atoms with Gasteiger partial charge in [-0.15, -0.1) is 0 Å². The molecule has 9 heteroatoms. The van der Waals surface area contributed by atoms with E-state index in [0.29, 0.717) is 23.2 Å². The molecule has 0 saturated carbocycles. The van der Waals surface area contributed by atoms with Crippen molar-refractivity contribution in [2.24, 2.45) is 5.92 Å². The highest BCUT2D eigenvalue weighted by Gasteiger charge is 2.25. The Morgan fingerprint density at radius 2 is 1.89 bits per heavy atom. The zero-order chi connectivity index (χ0) is 30.2. The summed E-state index contributed by atoms with van der Waals surface area (Å²) in [6.07, 6.45) is 5.04. The van der Waals surface area contributed by atoms with Gasteiger partial charge in [-0.3, -0.25) is 14.8 Å². The lowest BCUT2D eigenvalue weighted by Crippen LogP contribution is -2.33. The van der Waals surface area contributed by atoms with Crippen molar-refractivity contribution in [2.45, 2.75) is 59.0 Å². The van der Waals surface area contributed by atoms with E-state index < -0.39 is 0 Å². The van der Waals surface area contributed by atoms with Crippen LogP contribution in [0, 0.1) is 12.8 Å². The predicted octanol–water partition coefficient (Wildman–Crippen LogP) is 7.23. The molecule has 0 atom stereocenters. The topological polar surface area (TPSA) is 85.2 Å². The van der Waals surface area contributed by atoms with Gasteiger partial charge in [0, 0.05) is 55.2 Å². The number of hydrogen-bond acceptors (Lipinski definition) is 7. The molecule has 0 spiro atoms. The summed E-state index contributed by atoms with van der Waals surface area (Å²) >= 11 is 1.50. The van der Waals surface area contributed by atoms with E-state index in [9.17, 15) is 4.79 Å². The fourth-order valence-electron chi connectivity index (χ4n) is 6.46. The lowest BCUT2D eigenvalue weighted by Gasteiger charge is -2.31. The number of carbonyl (C=O) groups excluding carboxylic acids is 1. The maximum absolute atomic E-state index is 13.5. The number of fused-ring (bicyclic) bond motifs is 2. The molecule has 7 rings (SSSR count). The minimum atomic E-state index is -0.123. The van der Waals surface area contributed by atoms with Crippen LogP contribution in [0.5, 0.6) is 0 Å². The third-order valence-corrected chi connectivity index (χ3v) is 9.93. The van der Waals surface area contributed by atoms with Crippen molar-refractivity contribution in [3.63, 3.8) is 0 Å². The molecule has 5 aromatic rings. The molecule has 3 aromatic heterocycles. The van der Waals surface area contributed by atoms with Gasteiger partial charge in [-0.1, -0.05) is 49.4 Å². The third kappa shape index (κ3) is 5.62. The van der Waals surface area contributed by atoms with Crippen molar-refractivity contribution in [3.05, 3.63) is 88.9 Å². The molecule has 0 unspecified atom stereocenters. The van der Waals surface area contributed by atoms with Gasteiger partial charge >= 0.3 is 0 Å². The Bertz CT molecular complexity index is 1790. The van der Waals surface area contributed by atoms with Crippen LogP contribution < -0.4 is 10.2 Å². The number of nitrogens with one attached hydrogen (secondary N) is 1. The zero-order valence-electron chi connectivity index (χ0n) is 25.5. The van der Waals surface area contributed by atoms with Gasteiger partial charge in [0.15, 0.2) is 5.13 Å². The minimum absolute atomic E-state index is 0.123. The number of para-hydroxylation sites is 1. The van der Waals surface area contributed by atoms with E-state index in [1.54, 1.807) is 0 Å². The first kappa shape index (κ1) is 28.7. The number of amides is 1. The Hall–Kier alpha value is -4.08. The number of benzene rings is 2. The quantitative estimate of drug-likeness (QED) is 0.210. The first-order chi connectivity index (χ1) is 21.4. The monoisotopic (exact) mass is 606 g/mol. The fourth-order valence-corrected chi connectivity index (χ4v) is 7.32. The van der Waals surface area contributed by atoms with E-state index in [0.717, 1.165) is 84.0 Å². The van der Waals surface area contributed by atoms with Crippen LogP contribution in [0.3, 0.4) is 0 Å². The Morgan fingerprint density at radius 3 is 2.70 bits per heavy atom. The van der Waals surface area contributed by atoms with E-state index in [2.05, 4.69) is 58.9 Å². The summed E-state index contributed by atoms with van der Waals surface area (Å²) in [7, 11) is 0. The highest BCUT2D eigenvalue weighted by molar-refractivity contribution is 7.22. The summed E-state index contributed by atoms with van der Waals surface area (Å²) in [5.41, 5.74) is 8.41. The predicted molar refractivity (Wildman–Crippen MR) is 177 cm³/mol. The molecule has 0 aliphatic carbocycles. The Balaban J connectivity index is 1.13. The number of rotatable bonds is 7. The van der Waals surface area contributed by atoms with Gasteiger partial charge in [-0.2, -0.15) is 5.10 Å². The molecule has 5 heterocycles. The smallest absolute Gasteiger partial charge is 0.257 e. The first-order valence-electron chi connectivity index (χ1n) is 15.6. The minimum Gasteiger partial charge on any atom is -0.381 e. The van der Waals surface area contributed by atoms with Crippen LogP contribution in [0.15, 0.2) is 60.8 Å². The zero-order valence-corrected chi connectivity index (χ0v) is 26.4. The molecular weight excluding hydrogens is 568 g/mol. The van der Waals surface area contributed by atoms with Crippen LogP contribution in [0.1, 0.15) is 65.5 Å². The second-order valence-corrected chi connectivity index (χ2v) is 13.2. The average molecular weight is 607 g/mol. The van der Waals surface area contributed by atoms with E-state index in [1.807, 2.05) is 42.6 Å². The van der Waals surface area contributed by atoms with E-state index in [1.165, 1.54) is 22.6 Å². The third-order valence-electron chi connectivity index (χ3n) is 8.98. The van der Waals surface area contributed by atoms with Crippen LogP contribution in [-0.4, -0.2) is 45.4 Å². The van der Waals surface area contributed by atoms with Crippen LogP contribution in [0.2, 0.25) is 0 Å². The van der Waals surface area contributed by atoms with Crippen molar-refractivity contribution in [3.8, 4) is 11.1 Å². The van der Waals surface area contributed by atoms with Crippen molar-refractivity contribution in [1.29, 1.82) is 0 Å². The number of carbonyl (C=O) groups is 1. The average Bonchev–Trinajstić information content (AvgIpc) is 3.62. The molecule has 0 radical (unpaired) electrons. The highest BCUT2D eigenvalue weighted by atomic mass is 32.1. The Labute approximate surface area is 262 Å².